The summed E-state index contributed by atoms with van der Waals surface area (Å²) in [5.41, 5.74) is 2.59. The van der Waals surface area contributed by atoms with Gasteiger partial charge in [0.2, 0.25) is 0 Å². The van der Waals surface area contributed by atoms with Gasteiger partial charge in [0.25, 0.3) is 0 Å². The van der Waals surface area contributed by atoms with Gasteiger partial charge < -0.3 is 14.8 Å². The Labute approximate surface area is 121 Å². The van der Waals surface area contributed by atoms with Crippen LogP contribution in [0.5, 0.6) is 0 Å². The summed E-state index contributed by atoms with van der Waals surface area (Å²) >= 11 is 0. The molecule has 3 rings (SSSR count). The van der Waals surface area contributed by atoms with Gasteiger partial charge in [0.15, 0.2) is 0 Å². The average molecular weight is 275 g/mol. The summed E-state index contributed by atoms with van der Waals surface area (Å²) in [7, 11) is 0. The molecule has 0 amide bonds. The molecule has 0 bridgehead atoms. The Kier molecular flexibility index (Phi) is 3.99. The van der Waals surface area contributed by atoms with E-state index >= 15 is 0 Å². The Balaban J connectivity index is 1.62. The molecule has 20 heavy (non-hydrogen) atoms. The van der Waals surface area contributed by atoms with E-state index in [1.54, 1.807) is 0 Å². The summed E-state index contributed by atoms with van der Waals surface area (Å²) in [4.78, 5) is 0. The van der Waals surface area contributed by atoms with E-state index in [1.807, 2.05) is 0 Å². The van der Waals surface area contributed by atoms with E-state index in [0.717, 1.165) is 39.1 Å². The molecular weight excluding hydrogens is 250 g/mol. The Morgan fingerprint density at radius 1 is 1.20 bits per heavy atom. The van der Waals surface area contributed by atoms with Crippen molar-refractivity contribution < 1.29 is 9.47 Å². The Morgan fingerprint density at radius 2 is 2.00 bits per heavy atom. The van der Waals surface area contributed by atoms with Gasteiger partial charge in [-0.3, -0.25) is 0 Å². The van der Waals surface area contributed by atoms with Crippen LogP contribution in [0.1, 0.15) is 44.6 Å². The number of hydrogen-bond acceptors (Lipinski definition) is 3. The average Bonchev–Trinajstić information content (AvgIpc) is 2.87. The summed E-state index contributed by atoms with van der Waals surface area (Å²) < 4.78 is 11.5. The highest BCUT2D eigenvalue weighted by atomic mass is 16.6. The van der Waals surface area contributed by atoms with Gasteiger partial charge in [-0.15, -0.1) is 0 Å². The summed E-state index contributed by atoms with van der Waals surface area (Å²) in [5.74, 6) is 0.589. The second kappa shape index (κ2) is 5.74. The third-order valence-electron chi connectivity index (χ3n) is 4.51. The lowest BCUT2D eigenvalue weighted by Crippen LogP contribution is -2.44. The summed E-state index contributed by atoms with van der Waals surface area (Å²) in [6.45, 7) is 6.90. The van der Waals surface area contributed by atoms with E-state index in [4.69, 9.17) is 9.47 Å². The number of benzene rings is 1. The highest BCUT2D eigenvalue weighted by Gasteiger charge is 2.40. The molecule has 2 saturated heterocycles. The topological polar surface area (TPSA) is 30.5 Å². The van der Waals surface area contributed by atoms with Crippen LogP contribution in [0.4, 0.5) is 5.69 Å². The highest BCUT2D eigenvalue weighted by Crippen LogP contribution is 2.34. The van der Waals surface area contributed by atoms with Crippen molar-refractivity contribution in [1.29, 1.82) is 0 Å². The van der Waals surface area contributed by atoms with Crippen molar-refractivity contribution in [2.45, 2.75) is 50.7 Å². The molecule has 1 spiro atoms. The number of hydrogen-bond donors (Lipinski definition) is 1. The van der Waals surface area contributed by atoms with E-state index in [9.17, 15) is 0 Å². The molecule has 1 N–H and O–H groups in total. The Bertz CT molecular complexity index is 435. The lowest BCUT2D eigenvalue weighted by atomic mass is 9.89. The lowest BCUT2D eigenvalue weighted by molar-refractivity contribution is -0.0828. The molecule has 2 atom stereocenters. The number of nitrogens with one attached hydrogen (secondary N) is 1. The first kappa shape index (κ1) is 13.9. The van der Waals surface area contributed by atoms with Crippen LogP contribution in [0.15, 0.2) is 24.3 Å². The fourth-order valence-corrected chi connectivity index (χ4v) is 3.21. The second-order valence-corrected chi connectivity index (χ2v) is 6.44. The van der Waals surface area contributed by atoms with E-state index in [2.05, 4.69) is 43.4 Å². The van der Waals surface area contributed by atoms with Crippen molar-refractivity contribution in [2.24, 2.45) is 0 Å². The molecule has 0 aromatic heterocycles. The third kappa shape index (κ3) is 2.99. The zero-order valence-electron chi connectivity index (χ0n) is 12.5. The molecule has 1 aromatic rings. The molecule has 3 nitrogen and oxygen atoms in total. The molecule has 0 saturated carbocycles. The monoisotopic (exact) mass is 275 g/mol. The van der Waals surface area contributed by atoms with Crippen LogP contribution in [0.2, 0.25) is 0 Å². The van der Waals surface area contributed by atoms with Crippen LogP contribution in [-0.2, 0) is 9.47 Å². The van der Waals surface area contributed by atoms with Crippen LogP contribution in [0.3, 0.4) is 0 Å². The van der Waals surface area contributed by atoms with Crippen molar-refractivity contribution >= 4 is 5.69 Å². The molecule has 2 fully saturated rings. The first-order valence-corrected chi connectivity index (χ1v) is 7.75. The fraction of sp³-hybridized carbons (Fsp3) is 0.647. The van der Waals surface area contributed by atoms with Crippen LogP contribution in [0.25, 0.3) is 0 Å². The number of anilines is 1. The van der Waals surface area contributed by atoms with Crippen LogP contribution in [-0.4, -0.2) is 31.5 Å². The van der Waals surface area contributed by atoms with E-state index in [1.165, 1.54) is 11.3 Å². The first-order chi connectivity index (χ1) is 9.67. The van der Waals surface area contributed by atoms with Gasteiger partial charge in [-0.05, 0) is 36.5 Å². The second-order valence-electron chi connectivity index (χ2n) is 6.44. The fourth-order valence-electron chi connectivity index (χ4n) is 3.21. The quantitative estimate of drug-likeness (QED) is 0.915. The molecule has 1 aromatic carbocycles. The number of rotatable bonds is 3. The van der Waals surface area contributed by atoms with Crippen molar-refractivity contribution in [2.75, 3.05) is 25.1 Å². The number of ether oxygens (including phenoxy) is 2. The van der Waals surface area contributed by atoms with E-state index in [0.29, 0.717) is 12.0 Å². The molecule has 2 heterocycles. The van der Waals surface area contributed by atoms with E-state index < -0.39 is 0 Å². The van der Waals surface area contributed by atoms with Crippen molar-refractivity contribution in [1.82, 2.24) is 0 Å². The summed E-state index contributed by atoms with van der Waals surface area (Å²) in [5, 5.41) is 3.66. The molecule has 2 aliphatic rings. The third-order valence-corrected chi connectivity index (χ3v) is 4.51. The maximum Gasteiger partial charge on any atom is 0.0956 e. The smallest absolute Gasteiger partial charge is 0.0956 e. The Morgan fingerprint density at radius 3 is 2.65 bits per heavy atom. The standard InChI is InChI=1S/C17H25NO2/c1-13(2)14-3-5-15(6-4-14)18-16-7-9-20-17(11-16)8-10-19-12-17/h3-6,13,16,18H,7-12H2,1-2H3. The molecule has 2 aliphatic heterocycles. The zero-order valence-corrected chi connectivity index (χ0v) is 12.5. The molecule has 3 heteroatoms. The highest BCUT2D eigenvalue weighted by molar-refractivity contribution is 5.46. The first-order valence-electron chi connectivity index (χ1n) is 7.75. The van der Waals surface area contributed by atoms with Crippen LogP contribution in [0, 0.1) is 0 Å². The largest absolute Gasteiger partial charge is 0.382 e. The van der Waals surface area contributed by atoms with Gasteiger partial charge in [0.05, 0.1) is 12.2 Å². The molecular formula is C17H25NO2. The molecule has 110 valence electrons. The van der Waals surface area contributed by atoms with Crippen LogP contribution >= 0.6 is 0 Å². The maximum absolute atomic E-state index is 5.98. The van der Waals surface area contributed by atoms with Crippen molar-refractivity contribution in [3.05, 3.63) is 29.8 Å². The summed E-state index contributed by atoms with van der Waals surface area (Å²) in [6, 6.07) is 9.34. The van der Waals surface area contributed by atoms with Crippen LogP contribution < -0.4 is 5.32 Å². The van der Waals surface area contributed by atoms with Gasteiger partial charge >= 0.3 is 0 Å². The predicted molar refractivity (Wildman–Crippen MR) is 81.3 cm³/mol. The summed E-state index contributed by atoms with van der Waals surface area (Å²) in [6.07, 6.45) is 3.17. The predicted octanol–water partition coefficient (Wildman–Crippen LogP) is 3.56. The minimum absolute atomic E-state index is 0.0200. The van der Waals surface area contributed by atoms with Gasteiger partial charge in [-0.1, -0.05) is 26.0 Å². The van der Waals surface area contributed by atoms with Gasteiger partial charge in [0.1, 0.15) is 0 Å². The molecule has 0 aliphatic carbocycles. The minimum Gasteiger partial charge on any atom is -0.382 e. The van der Waals surface area contributed by atoms with Crippen molar-refractivity contribution in [3.63, 3.8) is 0 Å². The van der Waals surface area contributed by atoms with Crippen molar-refractivity contribution in [3.8, 4) is 0 Å². The van der Waals surface area contributed by atoms with Gasteiger partial charge in [0, 0.05) is 31.4 Å². The zero-order chi connectivity index (χ0) is 14.0. The van der Waals surface area contributed by atoms with Gasteiger partial charge in [-0.2, -0.15) is 0 Å². The Hall–Kier alpha value is -1.06. The van der Waals surface area contributed by atoms with Gasteiger partial charge in [-0.25, -0.2) is 0 Å². The maximum atomic E-state index is 5.98. The normalized spacial score (nSPS) is 30.1. The lowest BCUT2D eigenvalue weighted by Gasteiger charge is -2.37. The van der Waals surface area contributed by atoms with E-state index in [-0.39, 0.29) is 5.60 Å². The minimum atomic E-state index is -0.0200. The molecule has 0 radical (unpaired) electrons. The SMILES string of the molecule is CC(C)c1ccc(NC2CCOC3(CCOC3)C2)cc1. The molecule has 2 unspecified atom stereocenters.